The molecular weight excluding hydrogens is 794 g/mol. The van der Waals surface area contributed by atoms with E-state index in [1.165, 1.54) is 29.1 Å². The zero-order valence-electron chi connectivity index (χ0n) is 33.6. The molecule has 19 heteroatoms. The molecule has 61 heavy (non-hydrogen) atoms. The van der Waals surface area contributed by atoms with E-state index in [1.807, 2.05) is 26.2 Å². The number of carbonyl (C=O) groups excluding carboxylic acids is 2. The van der Waals surface area contributed by atoms with Crippen molar-refractivity contribution in [3.63, 3.8) is 0 Å². The average molecular weight is 835 g/mol. The lowest BCUT2D eigenvalue weighted by Crippen LogP contribution is -2.72. The van der Waals surface area contributed by atoms with E-state index >= 15 is 8.78 Å². The first-order chi connectivity index (χ1) is 29.5. The first-order valence-corrected chi connectivity index (χ1v) is 20.5. The summed E-state index contributed by atoms with van der Waals surface area (Å²) in [5, 5.41) is 4.93. The SMILES string of the molecule is CO[C@H]1CN(C)C(=O)[C@@H]2CC(CN2c2nc(N3C4C[C@@H]3CN(CC3CC3)C4=O)nc3c2cnn3-c2ccc(F)cc2F)Oc2nccc(n2)-c2cc(F)cc3nc(C)n(c23)C1. The van der Waals surface area contributed by atoms with Gasteiger partial charge >= 0.3 is 6.01 Å². The molecule has 12 rings (SSSR count). The highest BCUT2D eigenvalue weighted by Gasteiger charge is 2.53. The molecule has 5 fully saturated rings. The summed E-state index contributed by atoms with van der Waals surface area (Å²) in [5.41, 5.74) is 2.22. The highest BCUT2D eigenvalue weighted by Crippen LogP contribution is 2.42. The Balaban J connectivity index is 1.03. The van der Waals surface area contributed by atoms with Crippen LogP contribution in [0, 0.1) is 30.3 Å². The Morgan fingerprint density at radius 3 is 2.54 bits per heavy atom. The van der Waals surface area contributed by atoms with Crippen LogP contribution >= 0.6 is 0 Å². The standard InChI is InChI=1S/C42H41F3N12O4/c1-21-48-32-12-24(44)10-28-31-8-9-46-42(49-31)61-26-14-34(39(58)52(2)18-27(60-3)20-54(21)36(28)32)55(19-26)37-29-15-47-57(33-7-6-23(43)11-30(33)45)38(29)51-41(50-37)56-25-13-35(56)40(59)53(17-25)16-22-4-5-22/h6-12,15,22,25-27,34-35H,4-5,13-14,16-20H2,1-3H3/t25-,26?,27+,34+,35?/m1/s1. The van der Waals surface area contributed by atoms with Gasteiger partial charge in [0.05, 0.1) is 53.5 Å². The van der Waals surface area contributed by atoms with E-state index in [4.69, 9.17) is 24.4 Å². The molecule has 0 radical (unpaired) electrons. The lowest BCUT2D eigenvalue weighted by molar-refractivity contribution is -0.140. The smallest absolute Gasteiger partial charge is 0.317 e. The molecule has 5 atom stereocenters. The van der Waals surface area contributed by atoms with E-state index in [9.17, 15) is 14.0 Å². The Bertz CT molecular complexity index is 2780. The second-order valence-corrected chi connectivity index (χ2v) is 16.8. The number of ether oxygens (including phenoxy) is 2. The van der Waals surface area contributed by atoms with Gasteiger partial charge in [0, 0.05) is 64.1 Å². The van der Waals surface area contributed by atoms with Crippen LogP contribution in [0.1, 0.15) is 31.5 Å². The van der Waals surface area contributed by atoms with Crippen molar-refractivity contribution in [1.29, 1.82) is 0 Å². The first-order valence-electron chi connectivity index (χ1n) is 20.5. The number of imidazole rings is 1. The van der Waals surface area contributed by atoms with Crippen molar-refractivity contribution in [3.05, 3.63) is 72.1 Å². The molecule has 6 aromatic rings. The number of piperazine rings is 1. The van der Waals surface area contributed by atoms with Crippen LogP contribution in [-0.2, 0) is 20.9 Å². The predicted molar refractivity (Wildman–Crippen MR) is 215 cm³/mol. The van der Waals surface area contributed by atoms with Crippen molar-refractivity contribution >= 4 is 45.6 Å². The van der Waals surface area contributed by atoms with Gasteiger partial charge in [-0.1, -0.05) is 0 Å². The normalized spacial score (nSPS) is 24.0. The fourth-order valence-corrected chi connectivity index (χ4v) is 9.54. The molecule has 314 valence electrons. The second kappa shape index (κ2) is 14.1. The number of hydrogen-bond donors (Lipinski definition) is 0. The van der Waals surface area contributed by atoms with Crippen LogP contribution in [0.3, 0.4) is 0 Å². The number of carbonyl (C=O) groups is 2. The first kappa shape index (κ1) is 37.6. The van der Waals surface area contributed by atoms with Crippen molar-refractivity contribution in [2.75, 3.05) is 50.1 Å². The number of anilines is 2. The van der Waals surface area contributed by atoms with Gasteiger partial charge in [-0.2, -0.15) is 20.1 Å². The second-order valence-electron chi connectivity index (χ2n) is 16.8. The van der Waals surface area contributed by atoms with Gasteiger partial charge in [0.1, 0.15) is 47.2 Å². The molecule has 0 N–H and O–H groups in total. The molecule has 4 saturated heterocycles. The maximum atomic E-state index is 15.4. The Morgan fingerprint density at radius 1 is 0.902 bits per heavy atom. The molecule has 0 spiro atoms. The number of nitrogens with zero attached hydrogens (tertiary/aromatic N) is 12. The van der Waals surface area contributed by atoms with E-state index in [2.05, 4.69) is 15.1 Å². The third-order valence-electron chi connectivity index (χ3n) is 12.8. The lowest BCUT2D eigenvalue weighted by atomic mass is 9.87. The molecule has 6 aliphatic rings. The minimum Gasteiger partial charge on any atom is -0.458 e. The summed E-state index contributed by atoms with van der Waals surface area (Å²) in [4.78, 5) is 59.8. The summed E-state index contributed by atoms with van der Waals surface area (Å²) in [6.45, 7) is 3.73. The molecule has 16 nitrogen and oxygen atoms in total. The largest absolute Gasteiger partial charge is 0.458 e. The number of likely N-dealkylation sites (N-methyl/N-ethyl adjacent to an activating group) is 1. The Hall–Kier alpha value is -6.37. The Kier molecular flexibility index (Phi) is 8.70. The number of rotatable bonds is 6. The molecule has 2 aromatic carbocycles. The van der Waals surface area contributed by atoms with Gasteiger partial charge in [-0.05, 0) is 56.4 Å². The zero-order valence-corrected chi connectivity index (χ0v) is 33.6. The van der Waals surface area contributed by atoms with Gasteiger partial charge < -0.3 is 33.6 Å². The van der Waals surface area contributed by atoms with Crippen LogP contribution in [0.15, 0.2) is 48.8 Å². The molecule has 1 saturated carbocycles. The highest BCUT2D eigenvalue weighted by molar-refractivity contribution is 5.95. The minimum absolute atomic E-state index is 0.0158. The van der Waals surface area contributed by atoms with Crippen molar-refractivity contribution in [1.82, 2.24) is 49.1 Å². The third-order valence-corrected chi connectivity index (χ3v) is 12.8. The van der Waals surface area contributed by atoms with Crippen molar-refractivity contribution in [2.24, 2.45) is 5.92 Å². The lowest BCUT2D eigenvalue weighted by Gasteiger charge is -2.55. The van der Waals surface area contributed by atoms with E-state index in [0.29, 0.717) is 64.7 Å². The van der Waals surface area contributed by atoms with Crippen LogP contribution in [0.2, 0.25) is 0 Å². The number of amides is 2. The topological polar surface area (TPSA) is 153 Å². The van der Waals surface area contributed by atoms with E-state index < -0.39 is 41.7 Å². The molecule has 2 amide bonds. The predicted octanol–water partition coefficient (Wildman–Crippen LogP) is 4.06. The third kappa shape index (κ3) is 6.30. The van der Waals surface area contributed by atoms with Crippen LogP contribution in [0.4, 0.5) is 24.9 Å². The van der Waals surface area contributed by atoms with Crippen LogP contribution in [0.25, 0.3) is 39.0 Å². The van der Waals surface area contributed by atoms with Crippen LogP contribution < -0.4 is 14.5 Å². The minimum atomic E-state index is -0.845. The molecule has 6 bridgehead atoms. The molecular formula is C42H41F3N12O4. The van der Waals surface area contributed by atoms with Gasteiger partial charge in [-0.15, -0.1) is 0 Å². The highest BCUT2D eigenvalue weighted by atomic mass is 19.1. The fraction of sp³-hybridized carbons (Fsp3) is 0.429. The van der Waals surface area contributed by atoms with Crippen molar-refractivity contribution in [2.45, 2.75) is 69.5 Å². The number of fused-ring (bicyclic) bond motifs is 8. The van der Waals surface area contributed by atoms with Gasteiger partial charge in [-0.3, -0.25) is 9.59 Å². The molecule has 5 aliphatic heterocycles. The number of aryl methyl sites for hydroxylation is 1. The maximum absolute atomic E-state index is 15.4. The molecule has 1 aliphatic carbocycles. The Morgan fingerprint density at radius 2 is 1.75 bits per heavy atom. The summed E-state index contributed by atoms with van der Waals surface area (Å²) in [6, 6.07) is 6.36. The van der Waals surface area contributed by atoms with Gasteiger partial charge in [0.25, 0.3) is 0 Å². The van der Waals surface area contributed by atoms with Gasteiger partial charge in [-0.25, -0.2) is 27.8 Å². The van der Waals surface area contributed by atoms with E-state index in [1.54, 1.807) is 31.3 Å². The summed E-state index contributed by atoms with van der Waals surface area (Å²) in [7, 11) is 3.29. The molecule has 9 heterocycles. The van der Waals surface area contributed by atoms with E-state index in [-0.39, 0.29) is 60.7 Å². The van der Waals surface area contributed by atoms with Crippen LogP contribution in [0.5, 0.6) is 6.01 Å². The maximum Gasteiger partial charge on any atom is 0.317 e. The van der Waals surface area contributed by atoms with Crippen molar-refractivity contribution < 1.29 is 32.2 Å². The van der Waals surface area contributed by atoms with Gasteiger partial charge in [0.15, 0.2) is 11.5 Å². The zero-order chi connectivity index (χ0) is 41.8. The number of hydrogen-bond acceptors (Lipinski definition) is 12. The summed E-state index contributed by atoms with van der Waals surface area (Å²) in [6.07, 6.45) is 5.00. The number of methoxy groups -OCH3 is 1. The molecule has 4 aromatic heterocycles. The number of benzene rings is 2. The Labute approximate surface area is 346 Å². The van der Waals surface area contributed by atoms with Crippen molar-refractivity contribution in [3.8, 4) is 23.0 Å². The fourth-order valence-electron chi connectivity index (χ4n) is 9.54. The number of piperidine rings is 1. The summed E-state index contributed by atoms with van der Waals surface area (Å²) in [5.74, 6) is -0.559. The van der Waals surface area contributed by atoms with E-state index in [0.717, 1.165) is 31.5 Å². The summed E-state index contributed by atoms with van der Waals surface area (Å²) >= 11 is 0. The summed E-state index contributed by atoms with van der Waals surface area (Å²) < 4.78 is 60.4. The number of aromatic nitrogens is 8. The monoisotopic (exact) mass is 834 g/mol. The quantitative estimate of drug-likeness (QED) is 0.238. The number of halogens is 3. The van der Waals surface area contributed by atoms with Crippen LogP contribution in [-0.4, -0.2) is 132 Å². The van der Waals surface area contributed by atoms with Gasteiger partial charge in [0.2, 0.25) is 17.8 Å². The molecule has 2 unspecified atom stereocenters. The average Bonchev–Trinajstić information content (AvgIpc) is 3.65.